The van der Waals surface area contributed by atoms with Gasteiger partial charge in [0.2, 0.25) is 0 Å². The zero-order chi connectivity index (χ0) is 27.5. The average molecular weight is 502 g/mol. The van der Waals surface area contributed by atoms with Gasteiger partial charge in [0.25, 0.3) is 0 Å². The highest BCUT2D eigenvalue weighted by Gasteiger charge is 2.53. The van der Waals surface area contributed by atoms with Crippen molar-refractivity contribution in [1.82, 2.24) is 0 Å². The summed E-state index contributed by atoms with van der Waals surface area (Å²) < 4.78 is 43.7. The Balaban J connectivity index is 1.75. The molecule has 0 aliphatic heterocycles. The van der Waals surface area contributed by atoms with Gasteiger partial charge in [-0.25, -0.2) is 4.85 Å². The van der Waals surface area contributed by atoms with Crippen LogP contribution in [-0.4, -0.2) is 6.18 Å². The van der Waals surface area contributed by atoms with E-state index in [0.29, 0.717) is 27.8 Å². The molecule has 1 atom stereocenters. The van der Waals surface area contributed by atoms with Gasteiger partial charge in [0.1, 0.15) is 5.41 Å². The quantitative estimate of drug-likeness (QED) is 0.265. The fraction of sp³-hybridized carbons (Fsp3) is 0.0968. The molecule has 4 aromatic rings. The van der Waals surface area contributed by atoms with E-state index >= 15 is 0 Å². The van der Waals surface area contributed by atoms with Crippen LogP contribution in [-0.2, 0) is 5.41 Å². The lowest BCUT2D eigenvalue weighted by Crippen LogP contribution is -2.40. The highest BCUT2D eigenvalue weighted by Crippen LogP contribution is 2.46. The molecule has 0 heterocycles. The molecule has 182 valence electrons. The van der Waals surface area contributed by atoms with E-state index in [-0.39, 0.29) is 27.9 Å². The molecule has 0 amide bonds. The smallest absolute Gasteiger partial charge is 0.238 e. The molecule has 0 aromatic heterocycles. The topological polar surface area (TPSA) is 75.7 Å². The standard InChI is InChI=1S/C31H17F3N4/c1-30(31(32,33)34,27-7-3-23(4-8-27)25-12-20(17-35)11-21(13-25)18-36)28-9-5-24(6-10-28)26-14-22(19-37)15-29(16-26)38-2/h3-16H,1H3. The molecule has 0 saturated heterocycles. The number of rotatable bonds is 4. The van der Waals surface area contributed by atoms with E-state index in [1.165, 1.54) is 36.4 Å². The minimum Gasteiger partial charge on any atom is -0.238 e. The lowest BCUT2D eigenvalue weighted by atomic mass is 9.75. The zero-order valence-electron chi connectivity index (χ0n) is 20.0. The highest BCUT2D eigenvalue weighted by atomic mass is 19.4. The lowest BCUT2D eigenvalue weighted by Gasteiger charge is -2.33. The van der Waals surface area contributed by atoms with E-state index < -0.39 is 11.6 Å². The molecule has 0 aliphatic rings. The van der Waals surface area contributed by atoms with Gasteiger partial charge >= 0.3 is 6.18 Å². The third-order valence-electron chi connectivity index (χ3n) is 6.53. The van der Waals surface area contributed by atoms with Gasteiger partial charge in [-0.2, -0.15) is 29.0 Å². The Morgan fingerprint density at radius 3 is 1.37 bits per heavy atom. The van der Waals surface area contributed by atoms with Gasteiger partial charge in [0.15, 0.2) is 5.69 Å². The van der Waals surface area contributed by atoms with Crippen LogP contribution in [0.25, 0.3) is 27.1 Å². The monoisotopic (exact) mass is 502 g/mol. The van der Waals surface area contributed by atoms with Crippen LogP contribution in [0.2, 0.25) is 0 Å². The molecule has 0 radical (unpaired) electrons. The van der Waals surface area contributed by atoms with Crippen LogP contribution >= 0.6 is 0 Å². The molecular weight excluding hydrogens is 485 g/mol. The summed E-state index contributed by atoms with van der Waals surface area (Å²) in [4.78, 5) is 3.36. The maximum atomic E-state index is 14.6. The number of nitrogens with zero attached hydrogens (tertiary/aromatic N) is 4. The molecule has 0 fully saturated rings. The Kier molecular flexibility index (Phi) is 6.73. The molecule has 0 saturated carbocycles. The average Bonchev–Trinajstić information content (AvgIpc) is 2.95. The van der Waals surface area contributed by atoms with Gasteiger partial charge < -0.3 is 0 Å². The summed E-state index contributed by atoms with van der Waals surface area (Å²) in [5.41, 5.74) is 1.15. The summed E-state index contributed by atoms with van der Waals surface area (Å²) in [7, 11) is 0. The first-order valence-corrected chi connectivity index (χ1v) is 11.3. The molecule has 0 N–H and O–H groups in total. The Morgan fingerprint density at radius 1 is 0.605 bits per heavy atom. The van der Waals surface area contributed by atoms with Gasteiger partial charge in [0.05, 0.1) is 35.9 Å². The first-order chi connectivity index (χ1) is 18.1. The Hall–Kier alpha value is -5.37. The summed E-state index contributed by atoms with van der Waals surface area (Å²) in [5, 5.41) is 27.7. The van der Waals surface area contributed by atoms with Gasteiger partial charge in [-0.05, 0) is 76.7 Å². The van der Waals surface area contributed by atoms with Crippen molar-refractivity contribution in [2.75, 3.05) is 0 Å². The maximum absolute atomic E-state index is 14.6. The fourth-order valence-electron chi connectivity index (χ4n) is 4.32. The van der Waals surface area contributed by atoms with Crippen molar-refractivity contribution in [3.8, 4) is 40.5 Å². The normalized spacial score (nSPS) is 12.3. The molecule has 0 aliphatic carbocycles. The SMILES string of the molecule is [C-]#[N+]c1cc(C#N)cc(-c2ccc(C(C)(c3ccc(-c4cc(C#N)cc(C#N)c4)cc3)C(F)(F)F)cc2)c1. The van der Waals surface area contributed by atoms with Crippen molar-refractivity contribution in [3.05, 3.63) is 124 Å². The summed E-state index contributed by atoms with van der Waals surface area (Å²) in [5.74, 6) is 0. The molecule has 4 nitrogen and oxygen atoms in total. The molecule has 7 heteroatoms. The summed E-state index contributed by atoms with van der Waals surface area (Å²) in [6.45, 7) is 8.35. The summed E-state index contributed by atoms with van der Waals surface area (Å²) in [6, 6.07) is 27.0. The number of alkyl halides is 3. The van der Waals surface area contributed by atoms with E-state index in [2.05, 4.69) is 4.85 Å². The number of halogens is 3. The molecular formula is C31H17F3N4. The number of hydrogen-bond acceptors (Lipinski definition) is 3. The predicted molar refractivity (Wildman–Crippen MR) is 137 cm³/mol. The molecule has 4 aromatic carbocycles. The van der Waals surface area contributed by atoms with E-state index in [9.17, 15) is 29.0 Å². The van der Waals surface area contributed by atoms with E-state index in [0.717, 1.165) is 6.92 Å². The second kappa shape index (κ2) is 9.94. The number of nitriles is 3. The largest absolute Gasteiger partial charge is 0.402 e. The molecule has 4 rings (SSSR count). The zero-order valence-corrected chi connectivity index (χ0v) is 20.0. The third kappa shape index (κ3) is 4.70. The third-order valence-corrected chi connectivity index (χ3v) is 6.53. The van der Waals surface area contributed by atoms with Crippen LogP contribution in [0, 0.1) is 40.6 Å². The van der Waals surface area contributed by atoms with E-state index in [1.54, 1.807) is 48.5 Å². The van der Waals surface area contributed by atoms with Crippen molar-refractivity contribution < 1.29 is 13.2 Å². The predicted octanol–water partition coefficient (Wildman–Crippen LogP) is 8.05. The first-order valence-electron chi connectivity index (χ1n) is 11.3. The Labute approximate surface area is 217 Å². The van der Waals surface area contributed by atoms with Crippen LogP contribution in [0.15, 0.2) is 84.9 Å². The molecule has 38 heavy (non-hydrogen) atoms. The number of benzene rings is 4. The molecule has 1 unspecified atom stereocenters. The Bertz CT molecular complexity index is 1510. The van der Waals surface area contributed by atoms with Gasteiger partial charge in [-0.1, -0.05) is 48.5 Å². The minimum atomic E-state index is -4.62. The summed E-state index contributed by atoms with van der Waals surface area (Å²) >= 11 is 0. The first kappa shape index (κ1) is 25.7. The van der Waals surface area contributed by atoms with Crippen molar-refractivity contribution in [2.24, 2.45) is 0 Å². The molecule has 0 spiro atoms. The van der Waals surface area contributed by atoms with Gasteiger partial charge in [-0.3, -0.25) is 0 Å². The van der Waals surface area contributed by atoms with Crippen LogP contribution in [0.3, 0.4) is 0 Å². The van der Waals surface area contributed by atoms with E-state index in [4.69, 9.17) is 6.57 Å². The minimum absolute atomic E-state index is 0.0280. The van der Waals surface area contributed by atoms with Crippen LogP contribution in [0.1, 0.15) is 34.7 Å². The van der Waals surface area contributed by atoms with Gasteiger partial charge in [0, 0.05) is 5.56 Å². The van der Waals surface area contributed by atoms with Crippen LogP contribution in [0.5, 0.6) is 0 Å². The van der Waals surface area contributed by atoms with Crippen molar-refractivity contribution in [1.29, 1.82) is 15.8 Å². The molecule has 0 bridgehead atoms. The number of hydrogen-bond donors (Lipinski definition) is 0. The van der Waals surface area contributed by atoms with Crippen molar-refractivity contribution in [3.63, 3.8) is 0 Å². The van der Waals surface area contributed by atoms with Gasteiger partial charge in [-0.15, -0.1) is 0 Å². The highest BCUT2D eigenvalue weighted by molar-refractivity contribution is 5.72. The fourth-order valence-corrected chi connectivity index (χ4v) is 4.32. The summed E-state index contributed by atoms with van der Waals surface area (Å²) in [6.07, 6.45) is -4.62. The van der Waals surface area contributed by atoms with Crippen LogP contribution in [0.4, 0.5) is 18.9 Å². The van der Waals surface area contributed by atoms with Crippen LogP contribution < -0.4 is 0 Å². The van der Waals surface area contributed by atoms with E-state index in [1.807, 2.05) is 18.2 Å². The van der Waals surface area contributed by atoms with Crippen molar-refractivity contribution in [2.45, 2.75) is 18.5 Å². The second-order valence-corrected chi connectivity index (χ2v) is 8.79. The maximum Gasteiger partial charge on any atom is 0.402 e. The Morgan fingerprint density at radius 2 is 1.00 bits per heavy atom. The second-order valence-electron chi connectivity index (χ2n) is 8.79. The lowest BCUT2D eigenvalue weighted by molar-refractivity contribution is -0.173. The van der Waals surface area contributed by atoms with Crippen molar-refractivity contribution >= 4 is 5.69 Å².